The summed E-state index contributed by atoms with van der Waals surface area (Å²) >= 11 is 0. The molecule has 1 aliphatic carbocycles. The highest BCUT2D eigenvalue weighted by Crippen LogP contribution is 2.38. The lowest BCUT2D eigenvalue weighted by Gasteiger charge is -2.35. The Morgan fingerprint density at radius 3 is 2.24 bits per heavy atom. The molecule has 1 aromatic heterocycles. The first-order valence-corrected chi connectivity index (χ1v) is 13.2. The van der Waals surface area contributed by atoms with E-state index in [-0.39, 0.29) is 11.7 Å². The van der Waals surface area contributed by atoms with Crippen LogP contribution in [0.3, 0.4) is 0 Å². The van der Waals surface area contributed by atoms with E-state index in [1.54, 1.807) is 13.0 Å². The molecule has 0 saturated carbocycles. The fourth-order valence-electron chi connectivity index (χ4n) is 4.21. The summed E-state index contributed by atoms with van der Waals surface area (Å²) in [6, 6.07) is 17.6. The van der Waals surface area contributed by atoms with E-state index >= 15 is 0 Å². The van der Waals surface area contributed by atoms with Crippen molar-refractivity contribution in [1.82, 2.24) is 14.9 Å². The van der Waals surface area contributed by atoms with Gasteiger partial charge in [-0.15, -0.1) is 0 Å². The van der Waals surface area contributed by atoms with Crippen LogP contribution in [0.2, 0.25) is 0 Å². The molecule has 5 rings (SSSR count). The number of likely N-dealkylation sites (N-methyl/N-ethyl adjacent to an activating group) is 1. The Morgan fingerprint density at radius 1 is 0.971 bits per heavy atom. The van der Waals surface area contributed by atoms with Crippen molar-refractivity contribution in [3.63, 3.8) is 0 Å². The first kappa shape index (κ1) is 24.0. The summed E-state index contributed by atoms with van der Waals surface area (Å²) in [6.07, 6.45) is 1.63. The predicted octanol–water partition coefficient (Wildman–Crippen LogP) is 3.02. The summed E-state index contributed by atoms with van der Waals surface area (Å²) in [5.74, 6) is 1.26. The summed E-state index contributed by atoms with van der Waals surface area (Å²) < 4.78 is 26.4. The lowest BCUT2D eigenvalue weighted by Crippen LogP contribution is -2.45. The van der Waals surface area contributed by atoms with E-state index in [9.17, 15) is 8.42 Å². The highest BCUT2D eigenvalue weighted by atomic mass is 32.2. The highest BCUT2D eigenvalue weighted by Gasteiger charge is 2.26. The smallest absolute Gasteiger partial charge is 0.232 e. The molecular formula is C25H32N6O2S. The predicted molar refractivity (Wildman–Crippen MR) is 139 cm³/mol. The molecule has 0 spiro atoms. The topological polar surface area (TPSA) is 104 Å². The summed E-state index contributed by atoms with van der Waals surface area (Å²) in [5, 5.41) is 0. The number of fused-ring (bicyclic) bond motifs is 3. The van der Waals surface area contributed by atoms with Crippen molar-refractivity contribution in [3.05, 3.63) is 65.7 Å². The molecule has 2 heterocycles. The number of nitrogens with two attached hydrogens (primary N) is 1. The first-order chi connectivity index (χ1) is 16.4. The summed E-state index contributed by atoms with van der Waals surface area (Å²) in [6.45, 7) is 5.46. The Labute approximate surface area is 201 Å². The van der Waals surface area contributed by atoms with E-state index in [0.717, 1.165) is 67.2 Å². The number of aryl methyl sites for hydroxylation is 1. The molecule has 0 radical (unpaired) electrons. The molecule has 1 fully saturated rings. The van der Waals surface area contributed by atoms with Crippen LogP contribution < -0.4 is 15.4 Å². The zero-order valence-electron chi connectivity index (χ0n) is 19.7. The highest BCUT2D eigenvalue weighted by molar-refractivity contribution is 7.92. The van der Waals surface area contributed by atoms with Gasteiger partial charge in [0, 0.05) is 43.0 Å². The average Bonchev–Trinajstić information content (AvgIpc) is 2.85. The van der Waals surface area contributed by atoms with Gasteiger partial charge in [0.05, 0.1) is 11.4 Å². The van der Waals surface area contributed by atoms with Crippen molar-refractivity contribution in [2.75, 3.05) is 54.3 Å². The van der Waals surface area contributed by atoms with Crippen LogP contribution in [0.1, 0.15) is 18.1 Å². The monoisotopic (exact) mass is 480 g/mol. The third-order valence-corrected chi connectivity index (χ3v) is 7.44. The number of nitrogens with one attached hydrogen (secondary N) is 1. The van der Waals surface area contributed by atoms with Crippen molar-refractivity contribution in [3.8, 4) is 11.3 Å². The van der Waals surface area contributed by atoms with E-state index < -0.39 is 10.0 Å². The minimum atomic E-state index is -3.30. The summed E-state index contributed by atoms with van der Waals surface area (Å²) in [5.41, 5.74) is 10.7. The molecule has 2 aliphatic rings. The van der Waals surface area contributed by atoms with Crippen LogP contribution in [0, 0.1) is 0 Å². The second kappa shape index (κ2) is 10.4. The fraction of sp³-hybridized carbons (Fsp3) is 0.360. The van der Waals surface area contributed by atoms with Gasteiger partial charge in [-0.25, -0.2) is 13.4 Å². The Hall–Kier alpha value is -3.17. The molecule has 3 aromatic rings. The molecule has 0 amide bonds. The van der Waals surface area contributed by atoms with Crippen LogP contribution >= 0.6 is 0 Å². The van der Waals surface area contributed by atoms with Crippen molar-refractivity contribution >= 4 is 27.5 Å². The SMILES string of the molecule is CCS(=O)(=O)Nc1ccc2c(c1)CCc1c-2nc(N)nc1N1CCN(C)CC1.c1ccccc1. The van der Waals surface area contributed by atoms with Gasteiger partial charge in [-0.1, -0.05) is 42.5 Å². The Kier molecular flexibility index (Phi) is 7.33. The Morgan fingerprint density at radius 2 is 1.62 bits per heavy atom. The van der Waals surface area contributed by atoms with E-state index in [1.807, 2.05) is 48.5 Å². The molecule has 3 N–H and O–H groups in total. The van der Waals surface area contributed by atoms with Crippen molar-refractivity contribution < 1.29 is 8.42 Å². The number of hydrogen-bond acceptors (Lipinski definition) is 7. The maximum atomic E-state index is 11.9. The molecule has 34 heavy (non-hydrogen) atoms. The standard InChI is InChI=1S/C19H26N6O2S.C6H6/c1-3-28(26,27)23-14-5-7-15-13(12-14)4-6-16-17(15)21-19(20)22-18(16)25-10-8-24(2)9-11-25;1-2-4-6-5-3-1/h5,7,12,23H,3-4,6,8-11H2,1-2H3,(H2,20,21,22);1-6H. The van der Waals surface area contributed by atoms with E-state index in [2.05, 4.69) is 31.5 Å². The van der Waals surface area contributed by atoms with Crippen LogP contribution in [0.15, 0.2) is 54.6 Å². The number of sulfonamides is 1. The number of hydrogen-bond donors (Lipinski definition) is 2. The van der Waals surface area contributed by atoms with Gasteiger partial charge in [-0.05, 0) is 44.5 Å². The van der Waals surface area contributed by atoms with Crippen LogP contribution in [-0.4, -0.2) is 62.3 Å². The zero-order valence-corrected chi connectivity index (χ0v) is 20.6. The van der Waals surface area contributed by atoms with Crippen LogP contribution in [0.4, 0.5) is 17.5 Å². The molecular weight excluding hydrogens is 448 g/mol. The number of aromatic nitrogens is 2. The summed E-state index contributed by atoms with van der Waals surface area (Å²) in [7, 11) is -1.17. The van der Waals surface area contributed by atoms with Gasteiger partial charge < -0.3 is 15.5 Å². The van der Waals surface area contributed by atoms with Crippen LogP contribution in [0.25, 0.3) is 11.3 Å². The zero-order chi connectivity index (χ0) is 24.1. The van der Waals surface area contributed by atoms with Gasteiger partial charge in [0.2, 0.25) is 16.0 Å². The normalized spacial score (nSPS) is 15.5. The lowest BCUT2D eigenvalue weighted by molar-refractivity contribution is 0.312. The quantitative estimate of drug-likeness (QED) is 0.591. The van der Waals surface area contributed by atoms with Crippen LogP contribution in [-0.2, 0) is 22.9 Å². The average molecular weight is 481 g/mol. The van der Waals surface area contributed by atoms with Gasteiger partial charge in [0.1, 0.15) is 5.82 Å². The number of rotatable bonds is 4. The van der Waals surface area contributed by atoms with Crippen molar-refractivity contribution in [2.24, 2.45) is 0 Å². The number of nitrogens with zero attached hydrogens (tertiary/aromatic N) is 4. The lowest BCUT2D eigenvalue weighted by atomic mass is 9.88. The van der Waals surface area contributed by atoms with E-state index in [1.165, 1.54) is 0 Å². The molecule has 0 atom stereocenters. The van der Waals surface area contributed by atoms with E-state index in [0.29, 0.717) is 5.69 Å². The van der Waals surface area contributed by atoms with Gasteiger partial charge in [0.25, 0.3) is 0 Å². The molecule has 0 bridgehead atoms. The number of piperazine rings is 1. The number of anilines is 3. The molecule has 9 heteroatoms. The summed E-state index contributed by atoms with van der Waals surface area (Å²) in [4.78, 5) is 13.7. The van der Waals surface area contributed by atoms with Gasteiger partial charge in [0.15, 0.2) is 0 Å². The molecule has 0 unspecified atom stereocenters. The third kappa shape index (κ3) is 5.66. The second-order valence-electron chi connectivity index (χ2n) is 8.56. The van der Waals surface area contributed by atoms with Crippen molar-refractivity contribution in [1.29, 1.82) is 0 Å². The van der Waals surface area contributed by atoms with E-state index in [4.69, 9.17) is 5.73 Å². The number of benzene rings is 2. The largest absolute Gasteiger partial charge is 0.368 e. The minimum Gasteiger partial charge on any atom is -0.368 e. The fourth-order valence-corrected chi connectivity index (χ4v) is 4.84. The third-order valence-electron chi connectivity index (χ3n) is 6.13. The van der Waals surface area contributed by atoms with Gasteiger partial charge in [-0.3, -0.25) is 4.72 Å². The molecule has 1 saturated heterocycles. The first-order valence-electron chi connectivity index (χ1n) is 11.6. The maximum absolute atomic E-state index is 11.9. The molecule has 2 aromatic carbocycles. The van der Waals surface area contributed by atoms with Gasteiger partial charge in [-0.2, -0.15) is 4.98 Å². The van der Waals surface area contributed by atoms with Gasteiger partial charge >= 0.3 is 0 Å². The molecule has 180 valence electrons. The second-order valence-corrected chi connectivity index (χ2v) is 10.6. The molecule has 1 aliphatic heterocycles. The van der Waals surface area contributed by atoms with Crippen LogP contribution in [0.5, 0.6) is 0 Å². The molecule has 8 nitrogen and oxygen atoms in total. The number of nitrogen functional groups attached to an aromatic ring is 1. The Bertz CT molecular complexity index is 1200. The minimum absolute atomic E-state index is 0.0467. The van der Waals surface area contributed by atoms with Crippen molar-refractivity contribution in [2.45, 2.75) is 19.8 Å². The Balaban J connectivity index is 0.000000398. The maximum Gasteiger partial charge on any atom is 0.232 e.